The fourth-order valence-electron chi connectivity index (χ4n) is 10.0. The van der Waals surface area contributed by atoms with Gasteiger partial charge in [-0.1, -0.05) is 60.1 Å². The van der Waals surface area contributed by atoms with E-state index in [0.29, 0.717) is 19.3 Å². The molecule has 1 unspecified atom stereocenters. The molecule has 5 nitrogen and oxygen atoms in total. The summed E-state index contributed by atoms with van der Waals surface area (Å²) in [5, 5.41) is 20.3. The van der Waals surface area contributed by atoms with Crippen molar-refractivity contribution < 1.29 is 19.5 Å². The molecule has 36 heavy (non-hydrogen) atoms. The van der Waals surface area contributed by atoms with Crippen LogP contribution in [0.3, 0.4) is 0 Å². The van der Waals surface area contributed by atoms with E-state index in [1.165, 1.54) is 0 Å². The van der Waals surface area contributed by atoms with Crippen molar-refractivity contribution in [3.8, 4) is 6.07 Å². The molecule has 0 aromatic carbocycles. The number of ketones is 2. The molecule has 0 radical (unpaired) electrons. The van der Waals surface area contributed by atoms with Crippen molar-refractivity contribution in [1.82, 2.24) is 0 Å². The van der Waals surface area contributed by atoms with Crippen molar-refractivity contribution >= 4 is 17.5 Å². The molecular formula is C31H41NO4. The van der Waals surface area contributed by atoms with Gasteiger partial charge in [-0.25, -0.2) is 0 Å². The Hall–Kier alpha value is -2.22. The maximum atomic E-state index is 14.2. The van der Waals surface area contributed by atoms with Crippen molar-refractivity contribution in [2.45, 2.75) is 93.4 Å². The van der Waals surface area contributed by atoms with Gasteiger partial charge in [0, 0.05) is 16.7 Å². The van der Waals surface area contributed by atoms with E-state index in [2.05, 4.69) is 40.7 Å². The Bertz CT molecular complexity index is 1180. The molecule has 0 heterocycles. The third-order valence-electron chi connectivity index (χ3n) is 12.3. The van der Waals surface area contributed by atoms with Gasteiger partial charge in [0.15, 0.2) is 11.6 Å². The molecule has 5 rings (SSSR count). The highest BCUT2D eigenvalue weighted by molar-refractivity contribution is 6.04. The van der Waals surface area contributed by atoms with Gasteiger partial charge in [-0.2, -0.15) is 5.26 Å². The zero-order valence-corrected chi connectivity index (χ0v) is 23.0. The van der Waals surface area contributed by atoms with Crippen LogP contribution in [-0.4, -0.2) is 22.6 Å². The normalized spacial score (nSPS) is 46.7. The number of allylic oxidation sites excluding steroid dienone is 4. The lowest BCUT2D eigenvalue weighted by Crippen LogP contribution is -2.65. The first-order valence-corrected chi connectivity index (χ1v) is 13.7. The molecule has 0 spiro atoms. The number of aliphatic carboxylic acids is 1. The standard InChI is InChI=1S/C31H41NO4/c1-26(2)10-12-31(25(35)36)13-11-30(7)23(19(31)16-26)20(33)14-22-28(5)15-18(17-32)24(34)27(3,4)21(28)8-9-29(22,30)6/h14-15,19,21,23H,8-13,16H2,1-7H3,(H,35,36)/t19?,21-,23-,28-,29+,30+,31-/m0/s1. The van der Waals surface area contributed by atoms with Crippen molar-refractivity contribution in [3.05, 3.63) is 23.3 Å². The molecule has 1 N–H and O–H groups in total. The van der Waals surface area contributed by atoms with Gasteiger partial charge in [-0.15, -0.1) is 0 Å². The molecule has 0 aliphatic heterocycles. The van der Waals surface area contributed by atoms with E-state index in [9.17, 15) is 24.8 Å². The molecule has 3 saturated carbocycles. The van der Waals surface area contributed by atoms with Crippen LogP contribution in [0.25, 0.3) is 0 Å². The second-order valence-electron chi connectivity index (χ2n) is 14.7. The van der Waals surface area contributed by atoms with Crippen LogP contribution in [0.4, 0.5) is 0 Å². The van der Waals surface area contributed by atoms with Crippen LogP contribution < -0.4 is 0 Å². The summed E-state index contributed by atoms with van der Waals surface area (Å²) in [5.41, 5.74) is -1.49. The number of fused-ring (bicyclic) bond motifs is 7. The predicted octanol–water partition coefficient (Wildman–Crippen LogP) is 6.29. The van der Waals surface area contributed by atoms with Crippen molar-refractivity contribution in [3.63, 3.8) is 0 Å². The summed E-state index contributed by atoms with van der Waals surface area (Å²) in [7, 11) is 0. The highest BCUT2D eigenvalue weighted by Crippen LogP contribution is 2.74. The molecule has 5 aliphatic rings. The molecule has 5 heteroatoms. The number of carbonyl (C=O) groups excluding carboxylic acids is 2. The summed E-state index contributed by atoms with van der Waals surface area (Å²) in [5.74, 6) is -1.27. The van der Waals surface area contributed by atoms with E-state index in [0.717, 1.165) is 31.3 Å². The maximum Gasteiger partial charge on any atom is 0.309 e. The van der Waals surface area contributed by atoms with Crippen LogP contribution in [0.15, 0.2) is 23.3 Å². The SMILES string of the molecule is CC1(C)CC[C@]2(C(=O)O)CC[C@]3(C)[C@H](C(=O)C=C4[C@@]5(C)C=C(C#N)C(=O)C(C)(C)[C@@H]5CC[C@]43C)C2C1. The zero-order chi connectivity index (χ0) is 26.7. The molecular weight excluding hydrogens is 450 g/mol. The van der Waals surface area contributed by atoms with Crippen LogP contribution in [0, 0.1) is 61.6 Å². The number of rotatable bonds is 1. The Morgan fingerprint density at radius 1 is 1.00 bits per heavy atom. The van der Waals surface area contributed by atoms with Gasteiger partial charge in [0.05, 0.1) is 11.0 Å². The largest absolute Gasteiger partial charge is 0.481 e. The van der Waals surface area contributed by atoms with E-state index in [1.807, 2.05) is 26.0 Å². The molecule has 3 fully saturated rings. The number of carboxylic acids is 1. The minimum absolute atomic E-state index is 0.00880. The number of hydrogen-bond acceptors (Lipinski definition) is 4. The van der Waals surface area contributed by atoms with Crippen molar-refractivity contribution in [2.24, 2.45) is 50.2 Å². The minimum Gasteiger partial charge on any atom is -0.481 e. The fraction of sp³-hybridized carbons (Fsp3) is 0.742. The number of carboxylic acid groups (broad SMARTS) is 1. The minimum atomic E-state index is -0.828. The number of nitriles is 1. The molecule has 0 amide bonds. The number of carbonyl (C=O) groups is 3. The van der Waals surface area contributed by atoms with Gasteiger partial charge in [0.1, 0.15) is 6.07 Å². The first-order chi connectivity index (χ1) is 16.5. The number of nitrogens with zero attached hydrogens (tertiary/aromatic N) is 1. The topological polar surface area (TPSA) is 95.2 Å². The summed E-state index contributed by atoms with van der Waals surface area (Å²) in [6, 6.07) is 2.15. The predicted molar refractivity (Wildman–Crippen MR) is 137 cm³/mol. The zero-order valence-electron chi connectivity index (χ0n) is 23.0. The first-order valence-electron chi connectivity index (χ1n) is 13.7. The number of Topliss-reactive ketones (excluding diaryl/α,β-unsaturated/α-hetero) is 1. The summed E-state index contributed by atoms with van der Waals surface area (Å²) in [4.78, 5) is 40.2. The third kappa shape index (κ3) is 2.85. The Balaban J connectivity index is 1.71. The molecule has 0 bridgehead atoms. The molecule has 0 aromatic heterocycles. The van der Waals surface area contributed by atoms with E-state index in [4.69, 9.17) is 0 Å². The van der Waals surface area contributed by atoms with E-state index >= 15 is 0 Å². The van der Waals surface area contributed by atoms with Crippen molar-refractivity contribution in [1.29, 1.82) is 5.26 Å². The van der Waals surface area contributed by atoms with E-state index < -0.39 is 22.2 Å². The lowest BCUT2D eigenvalue weighted by Gasteiger charge is -2.68. The summed E-state index contributed by atoms with van der Waals surface area (Å²) < 4.78 is 0. The number of hydrogen-bond donors (Lipinski definition) is 1. The Morgan fingerprint density at radius 3 is 2.25 bits per heavy atom. The second kappa shape index (κ2) is 7.21. The monoisotopic (exact) mass is 491 g/mol. The van der Waals surface area contributed by atoms with Gasteiger partial charge in [0.25, 0.3) is 0 Å². The van der Waals surface area contributed by atoms with Gasteiger partial charge in [0.2, 0.25) is 0 Å². The van der Waals surface area contributed by atoms with Crippen LogP contribution in [0.5, 0.6) is 0 Å². The van der Waals surface area contributed by atoms with Crippen LogP contribution in [0.1, 0.15) is 93.4 Å². The smallest absolute Gasteiger partial charge is 0.309 e. The molecule has 7 atom stereocenters. The summed E-state index contributed by atoms with van der Waals surface area (Å²) in [6.07, 6.45) is 8.98. The van der Waals surface area contributed by atoms with Crippen molar-refractivity contribution in [2.75, 3.05) is 0 Å². The van der Waals surface area contributed by atoms with E-state index in [1.54, 1.807) is 0 Å². The van der Waals surface area contributed by atoms with Gasteiger partial charge in [-0.05, 0) is 79.1 Å². The summed E-state index contributed by atoms with van der Waals surface area (Å²) >= 11 is 0. The average molecular weight is 492 g/mol. The van der Waals surface area contributed by atoms with Crippen LogP contribution in [-0.2, 0) is 14.4 Å². The lowest BCUT2D eigenvalue weighted by atomic mass is 9.34. The Morgan fingerprint density at radius 2 is 1.64 bits per heavy atom. The third-order valence-corrected chi connectivity index (χ3v) is 12.3. The first kappa shape index (κ1) is 25.4. The second-order valence-corrected chi connectivity index (χ2v) is 14.7. The highest BCUT2D eigenvalue weighted by Gasteiger charge is 2.70. The van der Waals surface area contributed by atoms with Crippen LogP contribution in [0.2, 0.25) is 0 Å². The Kier molecular flexibility index (Phi) is 5.09. The Labute approximate surface area is 215 Å². The molecule has 0 aromatic rings. The van der Waals surface area contributed by atoms with Gasteiger partial charge < -0.3 is 5.11 Å². The molecule has 5 aliphatic carbocycles. The average Bonchev–Trinajstić information content (AvgIpc) is 2.77. The van der Waals surface area contributed by atoms with Gasteiger partial charge in [-0.3, -0.25) is 14.4 Å². The molecule has 0 saturated heterocycles. The quantitative estimate of drug-likeness (QED) is 0.465. The van der Waals surface area contributed by atoms with E-state index in [-0.39, 0.29) is 51.1 Å². The molecule has 194 valence electrons. The van der Waals surface area contributed by atoms with Gasteiger partial charge >= 0.3 is 5.97 Å². The summed E-state index contributed by atoms with van der Waals surface area (Å²) in [6.45, 7) is 15.0. The fourth-order valence-corrected chi connectivity index (χ4v) is 10.0. The highest BCUT2D eigenvalue weighted by atomic mass is 16.4. The maximum absolute atomic E-state index is 14.2. The lowest BCUT2D eigenvalue weighted by molar-refractivity contribution is -0.188. The van der Waals surface area contributed by atoms with Crippen LogP contribution >= 0.6 is 0 Å².